The summed E-state index contributed by atoms with van der Waals surface area (Å²) in [6.45, 7) is 4.46. The minimum absolute atomic E-state index is 0.667. The lowest BCUT2D eigenvalue weighted by atomic mass is 10.7. The van der Waals surface area contributed by atoms with E-state index in [1.54, 1.807) is 0 Å². The van der Waals surface area contributed by atoms with Crippen LogP contribution in [0.3, 0.4) is 0 Å². The van der Waals surface area contributed by atoms with E-state index in [0.29, 0.717) is 0 Å². The molecule has 0 aliphatic carbocycles. The molecule has 0 fully saturated rings. The van der Waals surface area contributed by atoms with Crippen molar-refractivity contribution in [2.24, 2.45) is 5.73 Å². The lowest BCUT2D eigenvalue weighted by Gasteiger charge is -1.82. The van der Waals surface area contributed by atoms with Crippen molar-refractivity contribution in [3.63, 3.8) is 0 Å². The van der Waals surface area contributed by atoms with E-state index in [4.69, 9.17) is 10.2 Å². The highest BCUT2D eigenvalue weighted by molar-refractivity contribution is 5.78. The molecule has 54 valence electrons. The van der Waals surface area contributed by atoms with Gasteiger partial charge in [0.05, 0.1) is 6.23 Å². The molecule has 4 nitrogen and oxygen atoms in total. The van der Waals surface area contributed by atoms with Crippen LogP contribution in [0.1, 0.15) is 6.92 Å². The Hall–Kier alpha value is -0.870. The molecule has 0 rings (SSSR count). The summed E-state index contributed by atoms with van der Waals surface area (Å²) < 4.78 is 0. The Bertz CT molecular complexity index is 87.4. The Kier molecular flexibility index (Phi) is 8.71. The van der Waals surface area contributed by atoms with Crippen molar-refractivity contribution in [2.75, 3.05) is 0 Å². The van der Waals surface area contributed by atoms with Gasteiger partial charge in [-0.1, -0.05) is 6.58 Å². The van der Waals surface area contributed by atoms with Gasteiger partial charge in [0.2, 0.25) is 0 Å². The predicted molar refractivity (Wildman–Crippen MR) is 33.7 cm³/mol. The van der Waals surface area contributed by atoms with Crippen LogP contribution in [0.15, 0.2) is 12.7 Å². The SMILES string of the molecule is C=CC(=O)O.CC(N)O. The topological polar surface area (TPSA) is 83.5 Å². The van der Waals surface area contributed by atoms with Crippen molar-refractivity contribution in [3.8, 4) is 0 Å². The zero-order valence-electron chi connectivity index (χ0n) is 5.24. The van der Waals surface area contributed by atoms with Crippen LogP contribution in [-0.2, 0) is 4.79 Å². The van der Waals surface area contributed by atoms with Crippen LogP contribution in [0.4, 0.5) is 0 Å². The fourth-order valence-corrected chi connectivity index (χ4v) is 0. The van der Waals surface area contributed by atoms with Crippen LogP contribution < -0.4 is 5.73 Å². The summed E-state index contributed by atoms with van der Waals surface area (Å²) in [6.07, 6.45) is 0.167. The highest BCUT2D eigenvalue weighted by Gasteiger charge is 1.73. The van der Waals surface area contributed by atoms with Gasteiger partial charge >= 0.3 is 5.97 Å². The van der Waals surface area contributed by atoms with Crippen molar-refractivity contribution >= 4 is 5.97 Å². The molecule has 0 spiro atoms. The monoisotopic (exact) mass is 133 g/mol. The van der Waals surface area contributed by atoms with Crippen molar-refractivity contribution in [2.45, 2.75) is 13.2 Å². The lowest BCUT2D eigenvalue weighted by molar-refractivity contribution is -0.131. The van der Waals surface area contributed by atoms with Gasteiger partial charge in [0.15, 0.2) is 0 Å². The Labute approximate surface area is 53.6 Å². The van der Waals surface area contributed by atoms with Gasteiger partial charge in [-0.15, -0.1) is 0 Å². The largest absolute Gasteiger partial charge is 0.478 e. The van der Waals surface area contributed by atoms with E-state index in [-0.39, 0.29) is 0 Å². The molecule has 0 heterocycles. The summed E-state index contributed by atoms with van der Waals surface area (Å²) in [5, 5.41) is 15.4. The molecule has 0 amide bonds. The summed E-state index contributed by atoms with van der Waals surface area (Å²) in [7, 11) is 0. The number of carboxylic acid groups (broad SMARTS) is 1. The Balaban J connectivity index is 0. The third-order valence-electron chi connectivity index (χ3n) is 0.175. The second kappa shape index (κ2) is 7.13. The van der Waals surface area contributed by atoms with Crippen molar-refractivity contribution in [1.82, 2.24) is 0 Å². The highest BCUT2D eigenvalue weighted by Crippen LogP contribution is 1.54. The van der Waals surface area contributed by atoms with Gasteiger partial charge in [-0.25, -0.2) is 4.79 Å². The molecule has 9 heavy (non-hydrogen) atoms. The van der Waals surface area contributed by atoms with Gasteiger partial charge in [-0.05, 0) is 6.92 Å². The molecule has 0 saturated heterocycles. The van der Waals surface area contributed by atoms with Gasteiger partial charge in [0, 0.05) is 6.08 Å². The molecular formula is C5H11NO3. The normalized spacial score (nSPS) is 10.6. The van der Waals surface area contributed by atoms with Gasteiger partial charge in [0.25, 0.3) is 0 Å². The minimum Gasteiger partial charge on any atom is -0.478 e. The second-order valence-corrected chi connectivity index (χ2v) is 1.28. The van der Waals surface area contributed by atoms with Crippen molar-refractivity contribution in [1.29, 1.82) is 0 Å². The van der Waals surface area contributed by atoms with E-state index in [2.05, 4.69) is 12.3 Å². The zero-order valence-corrected chi connectivity index (χ0v) is 5.24. The molecule has 0 radical (unpaired) electrons. The van der Waals surface area contributed by atoms with Crippen LogP contribution in [0.25, 0.3) is 0 Å². The van der Waals surface area contributed by atoms with E-state index in [0.717, 1.165) is 6.08 Å². The standard InChI is InChI=1S/C3H4O2.C2H7NO/c1-2-3(4)5;1-2(3)4/h2H,1H2,(H,4,5);2,4H,3H2,1H3. The molecule has 4 heteroatoms. The first kappa shape index (κ1) is 11.0. The quantitative estimate of drug-likeness (QED) is 0.334. The number of nitrogens with two attached hydrogens (primary N) is 1. The third-order valence-corrected chi connectivity index (χ3v) is 0.175. The fourth-order valence-electron chi connectivity index (χ4n) is 0. The number of carboxylic acids is 1. The predicted octanol–water partition coefficient (Wildman–Crippen LogP) is -0.460. The number of rotatable bonds is 1. The van der Waals surface area contributed by atoms with Crippen LogP contribution in [-0.4, -0.2) is 22.4 Å². The molecule has 0 saturated carbocycles. The van der Waals surface area contributed by atoms with Crippen LogP contribution in [0.5, 0.6) is 0 Å². The van der Waals surface area contributed by atoms with E-state index in [1.165, 1.54) is 6.92 Å². The summed E-state index contributed by atoms with van der Waals surface area (Å²) in [5.41, 5.74) is 4.67. The smallest absolute Gasteiger partial charge is 0.327 e. The van der Waals surface area contributed by atoms with E-state index < -0.39 is 12.2 Å². The van der Waals surface area contributed by atoms with Gasteiger partial charge in [-0.3, -0.25) is 0 Å². The molecule has 4 N–H and O–H groups in total. The molecular weight excluding hydrogens is 122 g/mol. The average Bonchev–Trinajstić information content (AvgIpc) is 1.65. The first-order valence-electron chi connectivity index (χ1n) is 2.29. The van der Waals surface area contributed by atoms with Gasteiger partial charge in [-0.2, -0.15) is 0 Å². The number of aliphatic hydroxyl groups excluding tert-OH is 1. The van der Waals surface area contributed by atoms with Crippen molar-refractivity contribution in [3.05, 3.63) is 12.7 Å². The first-order chi connectivity index (χ1) is 4.00. The Morgan fingerprint density at radius 3 is 2.00 bits per heavy atom. The Morgan fingerprint density at radius 1 is 1.89 bits per heavy atom. The molecule has 1 atom stereocenters. The highest BCUT2D eigenvalue weighted by atomic mass is 16.4. The summed E-state index contributed by atoms with van der Waals surface area (Å²) >= 11 is 0. The van der Waals surface area contributed by atoms with Crippen molar-refractivity contribution < 1.29 is 15.0 Å². The average molecular weight is 133 g/mol. The molecule has 0 aliphatic rings. The zero-order chi connectivity index (χ0) is 7.86. The minimum atomic E-state index is -0.981. The lowest BCUT2D eigenvalue weighted by Crippen LogP contribution is -2.11. The Morgan fingerprint density at radius 2 is 2.00 bits per heavy atom. The fraction of sp³-hybridized carbons (Fsp3) is 0.400. The molecule has 0 bridgehead atoms. The summed E-state index contributed by atoms with van der Waals surface area (Å²) in [5.74, 6) is -0.981. The molecule has 1 unspecified atom stereocenters. The second-order valence-electron chi connectivity index (χ2n) is 1.28. The first-order valence-corrected chi connectivity index (χ1v) is 2.29. The van der Waals surface area contributed by atoms with E-state index in [1.807, 2.05) is 0 Å². The van der Waals surface area contributed by atoms with E-state index >= 15 is 0 Å². The van der Waals surface area contributed by atoms with Crippen LogP contribution in [0.2, 0.25) is 0 Å². The molecule has 0 aliphatic heterocycles. The number of aliphatic hydroxyl groups is 1. The summed E-state index contributed by atoms with van der Waals surface area (Å²) in [4.78, 5) is 9.25. The van der Waals surface area contributed by atoms with Gasteiger partial charge < -0.3 is 15.9 Å². The number of carbonyl (C=O) groups is 1. The summed E-state index contributed by atoms with van der Waals surface area (Å²) in [6, 6.07) is 0. The molecule has 0 aromatic carbocycles. The number of hydrogen-bond donors (Lipinski definition) is 3. The van der Waals surface area contributed by atoms with Crippen LogP contribution in [0, 0.1) is 0 Å². The number of hydrogen-bond acceptors (Lipinski definition) is 3. The maximum atomic E-state index is 9.25. The molecule has 0 aromatic heterocycles. The molecule has 0 aromatic rings. The number of aliphatic carboxylic acids is 1. The van der Waals surface area contributed by atoms with Gasteiger partial charge in [0.1, 0.15) is 0 Å². The van der Waals surface area contributed by atoms with Crippen LogP contribution >= 0.6 is 0 Å². The van der Waals surface area contributed by atoms with E-state index in [9.17, 15) is 4.79 Å². The third kappa shape index (κ3) is 147. The maximum absolute atomic E-state index is 9.25. The maximum Gasteiger partial charge on any atom is 0.327 e.